The predicted octanol–water partition coefficient (Wildman–Crippen LogP) is 2.14. The molecule has 17 heavy (non-hydrogen) atoms. The van der Waals surface area contributed by atoms with Crippen molar-refractivity contribution in [3.63, 3.8) is 0 Å². The smallest absolute Gasteiger partial charge is 0.165 e. The van der Waals surface area contributed by atoms with Gasteiger partial charge in [-0.1, -0.05) is 0 Å². The normalized spacial score (nSPS) is 16.6. The summed E-state index contributed by atoms with van der Waals surface area (Å²) in [4.78, 5) is 11.9. The number of ether oxygens (including phenoxy) is 1. The molecule has 1 aliphatic rings. The van der Waals surface area contributed by atoms with Crippen molar-refractivity contribution in [2.24, 2.45) is 11.7 Å². The Balaban J connectivity index is 2.05. The van der Waals surface area contributed by atoms with Crippen molar-refractivity contribution in [2.45, 2.75) is 25.3 Å². The van der Waals surface area contributed by atoms with Gasteiger partial charge in [0.2, 0.25) is 0 Å². The maximum Gasteiger partial charge on any atom is 0.165 e. The molecule has 1 unspecified atom stereocenters. The number of nitrogens with two attached hydrogens (primary N) is 1. The standard InChI is InChI=1S/C13H16FNO2/c1-17-13-5-4-9(6-10(13)14)12(16)7-11(15)8-2-3-8/h4-6,8,11H,2-3,7,15H2,1H3. The van der Waals surface area contributed by atoms with Gasteiger partial charge in [-0.25, -0.2) is 4.39 Å². The molecule has 92 valence electrons. The van der Waals surface area contributed by atoms with E-state index in [0.717, 1.165) is 12.8 Å². The van der Waals surface area contributed by atoms with Crippen molar-refractivity contribution in [1.29, 1.82) is 0 Å². The quantitative estimate of drug-likeness (QED) is 0.798. The molecule has 1 atom stereocenters. The van der Waals surface area contributed by atoms with E-state index in [0.29, 0.717) is 11.5 Å². The highest BCUT2D eigenvalue weighted by molar-refractivity contribution is 5.96. The van der Waals surface area contributed by atoms with Crippen molar-refractivity contribution in [2.75, 3.05) is 7.11 Å². The van der Waals surface area contributed by atoms with Gasteiger partial charge in [0, 0.05) is 18.0 Å². The van der Waals surface area contributed by atoms with E-state index in [1.807, 2.05) is 0 Å². The van der Waals surface area contributed by atoms with Crippen molar-refractivity contribution < 1.29 is 13.9 Å². The predicted molar refractivity (Wildman–Crippen MR) is 62.6 cm³/mol. The van der Waals surface area contributed by atoms with Crippen LogP contribution in [0, 0.1) is 11.7 Å². The number of Topliss-reactive ketones (excluding diaryl/α,β-unsaturated/α-hetero) is 1. The summed E-state index contributed by atoms with van der Waals surface area (Å²) in [5, 5.41) is 0. The number of benzene rings is 1. The van der Waals surface area contributed by atoms with Gasteiger partial charge in [-0.05, 0) is 37.0 Å². The minimum absolute atomic E-state index is 0.0901. The molecule has 0 amide bonds. The number of hydrogen-bond donors (Lipinski definition) is 1. The molecule has 1 saturated carbocycles. The van der Waals surface area contributed by atoms with E-state index in [1.54, 1.807) is 6.07 Å². The van der Waals surface area contributed by atoms with Gasteiger partial charge >= 0.3 is 0 Å². The van der Waals surface area contributed by atoms with E-state index in [1.165, 1.54) is 19.2 Å². The number of hydrogen-bond acceptors (Lipinski definition) is 3. The van der Waals surface area contributed by atoms with Crippen LogP contribution in [0.15, 0.2) is 18.2 Å². The Kier molecular flexibility index (Phi) is 3.43. The summed E-state index contributed by atoms with van der Waals surface area (Å²) >= 11 is 0. The van der Waals surface area contributed by atoms with Gasteiger partial charge in [-0.15, -0.1) is 0 Å². The number of ketones is 1. The Morgan fingerprint density at radius 1 is 1.59 bits per heavy atom. The molecule has 0 saturated heterocycles. The number of rotatable bonds is 5. The van der Waals surface area contributed by atoms with Crippen LogP contribution in [0.25, 0.3) is 0 Å². The maximum absolute atomic E-state index is 13.4. The lowest BCUT2D eigenvalue weighted by Gasteiger charge is -2.09. The van der Waals surface area contributed by atoms with Gasteiger partial charge < -0.3 is 10.5 Å². The molecule has 3 nitrogen and oxygen atoms in total. The van der Waals surface area contributed by atoms with Gasteiger partial charge in [-0.3, -0.25) is 4.79 Å². The van der Waals surface area contributed by atoms with Crippen molar-refractivity contribution in [3.8, 4) is 5.75 Å². The first kappa shape index (κ1) is 12.0. The maximum atomic E-state index is 13.4. The van der Waals surface area contributed by atoms with E-state index in [4.69, 9.17) is 10.5 Å². The van der Waals surface area contributed by atoms with Crippen molar-refractivity contribution in [3.05, 3.63) is 29.6 Å². The molecule has 0 aliphatic heterocycles. The Labute approximate surface area is 99.8 Å². The van der Waals surface area contributed by atoms with Gasteiger partial charge in [0.25, 0.3) is 0 Å². The van der Waals surface area contributed by atoms with Crippen LogP contribution in [0.1, 0.15) is 29.6 Å². The lowest BCUT2D eigenvalue weighted by atomic mass is 10.0. The fraction of sp³-hybridized carbons (Fsp3) is 0.462. The Morgan fingerprint density at radius 3 is 2.82 bits per heavy atom. The number of halogens is 1. The third kappa shape index (κ3) is 2.82. The van der Waals surface area contributed by atoms with Crippen LogP contribution in [-0.2, 0) is 0 Å². The molecule has 1 fully saturated rings. The summed E-state index contributed by atoms with van der Waals surface area (Å²) < 4.78 is 18.2. The van der Waals surface area contributed by atoms with Gasteiger partial charge in [0.15, 0.2) is 17.3 Å². The zero-order valence-corrected chi connectivity index (χ0v) is 9.78. The Morgan fingerprint density at radius 2 is 2.29 bits per heavy atom. The second-order valence-corrected chi connectivity index (χ2v) is 4.48. The highest BCUT2D eigenvalue weighted by atomic mass is 19.1. The summed E-state index contributed by atoms with van der Waals surface area (Å²) in [6.07, 6.45) is 2.49. The van der Waals surface area contributed by atoms with Crippen LogP contribution in [0.3, 0.4) is 0 Å². The average molecular weight is 237 g/mol. The van der Waals surface area contributed by atoms with Crippen LogP contribution in [-0.4, -0.2) is 18.9 Å². The van der Waals surface area contributed by atoms with E-state index < -0.39 is 5.82 Å². The van der Waals surface area contributed by atoms with Crippen LogP contribution in [0.4, 0.5) is 4.39 Å². The SMILES string of the molecule is COc1ccc(C(=O)CC(N)C2CC2)cc1F. The van der Waals surface area contributed by atoms with Crippen LogP contribution >= 0.6 is 0 Å². The van der Waals surface area contributed by atoms with Crippen molar-refractivity contribution >= 4 is 5.78 Å². The van der Waals surface area contributed by atoms with E-state index in [2.05, 4.69) is 0 Å². The third-order valence-corrected chi connectivity index (χ3v) is 3.12. The highest BCUT2D eigenvalue weighted by Gasteiger charge is 2.30. The molecule has 1 aliphatic carbocycles. The lowest BCUT2D eigenvalue weighted by molar-refractivity contribution is 0.0971. The molecule has 0 aromatic heterocycles. The first-order chi connectivity index (χ1) is 8.11. The largest absolute Gasteiger partial charge is 0.494 e. The molecule has 0 heterocycles. The lowest BCUT2D eigenvalue weighted by Crippen LogP contribution is -2.26. The minimum atomic E-state index is -0.515. The number of carbonyl (C=O) groups excluding carboxylic acids is 1. The fourth-order valence-corrected chi connectivity index (χ4v) is 1.86. The number of methoxy groups -OCH3 is 1. The molecular weight excluding hydrogens is 221 g/mol. The van der Waals surface area contributed by atoms with E-state index >= 15 is 0 Å². The Bertz CT molecular complexity index is 429. The molecular formula is C13H16FNO2. The summed E-state index contributed by atoms with van der Waals surface area (Å²) in [5.41, 5.74) is 6.23. The van der Waals surface area contributed by atoms with Gasteiger partial charge in [0.05, 0.1) is 7.11 Å². The zero-order valence-electron chi connectivity index (χ0n) is 9.78. The van der Waals surface area contributed by atoms with Crippen LogP contribution in [0.5, 0.6) is 5.75 Å². The zero-order chi connectivity index (χ0) is 12.4. The second-order valence-electron chi connectivity index (χ2n) is 4.48. The Hall–Kier alpha value is -1.42. The first-order valence-corrected chi connectivity index (χ1v) is 5.74. The van der Waals surface area contributed by atoms with Crippen LogP contribution < -0.4 is 10.5 Å². The van der Waals surface area contributed by atoms with Crippen molar-refractivity contribution in [1.82, 2.24) is 0 Å². The summed E-state index contributed by atoms with van der Waals surface area (Å²) in [7, 11) is 1.39. The second kappa shape index (κ2) is 4.84. The molecule has 2 N–H and O–H groups in total. The van der Waals surface area contributed by atoms with E-state index in [-0.39, 0.29) is 24.0 Å². The molecule has 1 aromatic carbocycles. The van der Waals surface area contributed by atoms with Crippen LogP contribution in [0.2, 0.25) is 0 Å². The molecule has 0 spiro atoms. The topological polar surface area (TPSA) is 52.3 Å². The highest BCUT2D eigenvalue weighted by Crippen LogP contribution is 2.33. The molecule has 2 rings (SSSR count). The minimum Gasteiger partial charge on any atom is -0.494 e. The molecule has 1 aromatic rings. The summed E-state index contributed by atoms with van der Waals surface area (Å²) in [5.74, 6) is -0.000571. The fourth-order valence-electron chi connectivity index (χ4n) is 1.86. The monoisotopic (exact) mass is 237 g/mol. The average Bonchev–Trinajstić information content (AvgIpc) is 3.12. The van der Waals surface area contributed by atoms with Gasteiger partial charge in [-0.2, -0.15) is 0 Å². The van der Waals surface area contributed by atoms with E-state index in [9.17, 15) is 9.18 Å². The summed E-state index contributed by atoms with van der Waals surface area (Å²) in [6, 6.07) is 4.16. The first-order valence-electron chi connectivity index (χ1n) is 5.74. The summed E-state index contributed by atoms with van der Waals surface area (Å²) in [6.45, 7) is 0. The molecule has 4 heteroatoms. The number of carbonyl (C=O) groups is 1. The third-order valence-electron chi connectivity index (χ3n) is 3.12. The molecule has 0 radical (unpaired) electrons. The van der Waals surface area contributed by atoms with Gasteiger partial charge in [0.1, 0.15) is 0 Å². The molecule has 0 bridgehead atoms.